The molecular formula is C11H10BrClN6O2. The van der Waals surface area contributed by atoms with E-state index in [1.165, 1.54) is 4.90 Å². The molecule has 0 radical (unpaired) electrons. The number of carbonyl (C=O) groups excluding carboxylic acids is 1. The van der Waals surface area contributed by atoms with Crippen LogP contribution in [0.15, 0.2) is 16.6 Å². The number of esters is 1. The average molecular weight is 374 g/mol. The summed E-state index contributed by atoms with van der Waals surface area (Å²) in [6.45, 7) is 1.99. The highest BCUT2D eigenvalue weighted by atomic mass is 79.9. The lowest BCUT2D eigenvalue weighted by atomic mass is 10.3. The molecule has 2 aromatic heterocycles. The van der Waals surface area contributed by atoms with Crippen LogP contribution in [0.1, 0.15) is 17.4 Å². The van der Waals surface area contributed by atoms with E-state index in [1.54, 1.807) is 26.1 Å². The van der Waals surface area contributed by atoms with E-state index in [2.05, 4.69) is 41.3 Å². The summed E-state index contributed by atoms with van der Waals surface area (Å²) in [5.74, 6) is 0.115. The first-order chi connectivity index (χ1) is 10.0. The van der Waals surface area contributed by atoms with E-state index in [4.69, 9.17) is 16.3 Å². The maximum atomic E-state index is 11.8. The number of hydrogen-bond donors (Lipinski definition) is 0. The van der Waals surface area contributed by atoms with Gasteiger partial charge in [0.1, 0.15) is 5.82 Å². The number of pyridine rings is 1. The number of rotatable bonds is 4. The van der Waals surface area contributed by atoms with E-state index in [-0.39, 0.29) is 23.5 Å². The third-order valence-corrected chi connectivity index (χ3v) is 3.18. The molecule has 0 fully saturated rings. The predicted octanol–water partition coefficient (Wildman–Crippen LogP) is 2.02. The summed E-state index contributed by atoms with van der Waals surface area (Å²) < 4.78 is 5.48. The highest BCUT2D eigenvalue weighted by Gasteiger charge is 2.17. The van der Waals surface area contributed by atoms with Gasteiger partial charge in [0.15, 0.2) is 5.69 Å². The maximum absolute atomic E-state index is 11.8. The summed E-state index contributed by atoms with van der Waals surface area (Å²) in [7, 11) is 1.66. The molecule has 21 heavy (non-hydrogen) atoms. The van der Waals surface area contributed by atoms with E-state index < -0.39 is 5.97 Å². The fourth-order valence-electron chi connectivity index (χ4n) is 1.41. The van der Waals surface area contributed by atoms with Gasteiger partial charge in [0.2, 0.25) is 0 Å². The van der Waals surface area contributed by atoms with E-state index in [9.17, 15) is 4.79 Å². The highest BCUT2D eigenvalue weighted by molar-refractivity contribution is 9.10. The van der Waals surface area contributed by atoms with E-state index in [0.717, 1.165) is 0 Å². The molecule has 2 rings (SSSR count). The first kappa shape index (κ1) is 15.5. The van der Waals surface area contributed by atoms with Gasteiger partial charge >= 0.3 is 5.97 Å². The van der Waals surface area contributed by atoms with Crippen molar-refractivity contribution in [3.63, 3.8) is 0 Å². The Kier molecular flexibility index (Phi) is 4.97. The summed E-state index contributed by atoms with van der Waals surface area (Å²) in [6.07, 6.45) is 0. The van der Waals surface area contributed by atoms with Crippen LogP contribution in [-0.2, 0) is 4.74 Å². The van der Waals surface area contributed by atoms with Crippen molar-refractivity contribution < 1.29 is 9.53 Å². The van der Waals surface area contributed by atoms with Crippen LogP contribution in [0.5, 0.6) is 0 Å². The van der Waals surface area contributed by atoms with Gasteiger partial charge in [-0.3, -0.25) is 4.90 Å². The lowest BCUT2D eigenvalue weighted by Crippen LogP contribution is -2.18. The zero-order chi connectivity index (χ0) is 15.4. The van der Waals surface area contributed by atoms with Crippen molar-refractivity contribution in [2.24, 2.45) is 0 Å². The van der Waals surface area contributed by atoms with Crippen molar-refractivity contribution in [1.82, 2.24) is 25.4 Å². The third kappa shape index (κ3) is 3.61. The van der Waals surface area contributed by atoms with Crippen molar-refractivity contribution in [1.29, 1.82) is 0 Å². The molecule has 0 aliphatic rings. The Morgan fingerprint density at radius 3 is 2.62 bits per heavy atom. The van der Waals surface area contributed by atoms with Gasteiger partial charge in [-0.25, -0.2) is 9.78 Å². The Morgan fingerprint density at radius 2 is 2.00 bits per heavy atom. The van der Waals surface area contributed by atoms with Crippen LogP contribution in [-0.4, -0.2) is 45.0 Å². The van der Waals surface area contributed by atoms with Gasteiger partial charge in [-0.15, -0.1) is 20.4 Å². The Bertz CT molecular complexity index is 654. The van der Waals surface area contributed by atoms with Crippen molar-refractivity contribution in [2.75, 3.05) is 18.6 Å². The van der Waals surface area contributed by atoms with Crippen LogP contribution in [0.3, 0.4) is 0 Å². The molecule has 0 atom stereocenters. The molecule has 0 N–H and O–H groups in total. The Balaban J connectivity index is 2.33. The van der Waals surface area contributed by atoms with E-state index in [0.29, 0.717) is 10.3 Å². The molecule has 2 aromatic rings. The molecule has 2 heterocycles. The highest BCUT2D eigenvalue weighted by Crippen LogP contribution is 2.22. The van der Waals surface area contributed by atoms with Gasteiger partial charge in [0, 0.05) is 7.05 Å². The Hall–Kier alpha value is -1.87. The molecule has 110 valence electrons. The minimum atomic E-state index is -0.520. The summed E-state index contributed by atoms with van der Waals surface area (Å²) in [5, 5.41) is 14.7. The largest absolute Gasteiger partial charge is 0.461 e. The molecule has 0 saturated carbocycles. The number of nitrogens with zero attached hydrogens (tertiary/aromatic N) is 6. The monoisotopic (exact) mass is 372 g/mol. The van der Waals surface area contributed by atoms with Crippen LogP contribution >= 0.6 is 27.5 Å². The van der Waals surface area contributed by atoms with Crippen molar-refractivity contribution in [2.45, 2.75) is 6.92 Å². The zero-order valence-corrected chi connectivity index (χ0v) is 13.5. The first-order valence-electron chi connectivity index (χ1n) is 5.83. The number of anilines is 2. The molecule has 0 aliphatic heterocycles. The van der Waals surface area contributed by atoms with Gasteiger partial charge in [0.05, 0.1) is 11.1 Å². The normalized spacial score (nSPS) is 10.3. The number of carbonyl (C=O) groups is 1. The number of ether oxygens (including phenoxy) is 1. The first-order valence-corrected chi connectivity index (χ1v) is 7.00. The average Bonchev–Trinajstić information content (AvgIpc) is 2.48. The van der Waals surface area contributed by atoms with Gasteiger partial charge in [-0.2, -0.15) is 0 Å². The van der Waals surface area contributed by atoms with Gasteiger partial charge in [-0.1, -0.05) is 0 Å². The summed E-state index contributed by atoms with van der Waals surface area (Å²) in [4.78, 5) is 17.6. The zero-order valence-electron chi connectivity index (χ0n) is 11.1. The molecule has 0 aliphatic carbocycles. The molecule has 0 unspecified atom stereocenters. The van der Waals surface area contributed by atoms with Crippen LogP contribution in [0.25, 0.3) is 0 Å². The fourth-order valence-corrected chi connectivity index (χ4v) is 1.87. The summed E-state index contributed by atoms with van der Waals surface area (Å²) in [5.41, 5.74) is 0.163. The predicted molar refractivity (Wildman–Crippen MR) is 78.6 cm³/mol. The number of aromatic nitrogens is 5. The molecule has 10 heteroatoms. The minimum absolute atomic E-state index is 0.0527. The van der Waals surface area contributed by atoms with Gasteiger partial charge in [0.25, 0.3) is 11.2 Å². The second-order valence-electron chi connectivity index (χ2n) is 3.75. The van der Waals surface area contributed by atoms with Crippen LogP contribution in [0, 0.1) is 0 Å². The Morgan fingerprint density at radius 1 is 1.33 bits per heavy atom. The minimum Gasteiger partial charge on any atom is -0.461 e. The third-order valence-electron chi connectivity index (χ3n) is 2.39. The molecule has 0 amide bonds. The van der Waals surface area contributed by atoms with Crippen LogP contribution in [0.2, 0.25) is 5.28 Å². The standard InChI is InChI=1S/C11H10BrClN6O2/c1-3-21-9(20)8-6(12)4-5-7(14-8)19(2)11-17-15-10(13)16-18-11/h4-5H,3H2,1-2H3. The van der Waals surface area contributed by atoms with Gasteiger partial charge in [-0.05, 0) is 46.6 Å². The van der Waals surface area contributed by atoms with Crippen LogP contribution in [0.4, 0.5) is 11.8 Å². The molecule has 0 saturated heterocycles. The summed E-state index contributed by atoms with van der Waals surface area (Å²) in [6, 6.07) is 3.37. The van der Waals surface area contributed by atoms with E-state index in [1.807, 2.05) is 0 Å². The van der Waals surface area contributed by atoms with Crippen molar-refractivity contribution in [3.8, 4) is 0 Å². The fraction of sp³-hybridized carbons (Fsp3) is 0.273. The smallest absolute Gasteiger partial charge is 0.358 e. The molecule has 0 aromatic carbocycles. The number of hydrogen-bond acceptors (Lipinski definition) is 8. The van der Waals surface area contributed by atoms with Gasteiger partial charge < -0.3 is 4.74 Å². The van der Waals surface area contributed by atoms with E-state index >= 15 is 0 Å². The lowest BCUT2D eigenvalue weighted by molar-refractivity contribution is 0.0518. The molecule has 0 bridgehead atoms. The maximum Gasteiger partial charge on any atom is 0.358 e. The van der Waals surface area contributed by atoms with Crippen molar-refractivity contribution in [3.05, 3.63) is 27.6 Å². The number of halogens is 2. The quantitative estimate of drug-likeness (QED) is 0.751. The Labute approximate surface area is 133 Å². The molecular weight excluding hydrogens is 364 g/mol. The topological polar surface area (TPSA) is 94.0 Å². The lowest BCUT2D eigenvalue weighted by Gasteiger charge is -2.15. The van der Waals surface area contributed by atoms with Crippen LogP contribution < -0.4 is 4.90 Å². The van der Waals surface area contributed by atoms with Crippen molar-refractivity contribution >= 4 is 45.3 Å². The second-order valence-corrected chi connectivity index (χ2v) is 4.94. The summed E-state index contributed by atoms with van der Waals surface area (Å²) >= 11 is 8.80. The second kappa shape index (κ2) is 6.72. The molecule has 8 nitrogen and oxygen atoms in total. The SMILES string of the molecule is CCOC(=O)c1nc(N(C)c2nnc(Cl)nn2)ccc1Br. The molecule has 0 spiro atoms.